The van der Waals surface area contributed by atoms with Gasteiger partial charge in [0.25, 0.3) is 0 Å². The van der Waals surface area contributed by atoms with Crippen molar-refractivity contribution in [3.05, 3.63) is 0 Å². The predicted molar refractivity (Wildman–Crippen MR) is 77.4 cm³/mol. The normalized spacial score (nSPS) is 27.6. The highest BCUT2D eigenvalue weighted by molar-refractivity contribution is 5.83. The summed E-state index contributed by atoms with van der Waals surface area (Å²) < 4.78 is 5.54. The molecule has 0 aliphatic carbocycles. The van der Waals surface area contributed by atoms with Gasteiger partial charge in [0.05, 0.1) is 25.4 Å². The first-order valence-electron chi connectivity index (χ1n) is 7.79. The Morgan fingerprint density at radius 1 is 1.40 bits per heavy atom. The van der Waals surface area contributed by atoms with E-state index in [0.29, 0.717) is 6.61 Å². The van der Waals surface area contributed by atoms with Crippen LogP contribution in [0.5, 0.6) is 0 Å². The van der Waals surface area contributed by atoms with Gasteiger partial charge in [0.2, 0.25) is 5.91 Å². The highest BCUT2D eigenvalue weighted by Gasteiger charge is 2.39. The molecule has 2 N–H and O–H groups in total. The van der Waals surface area contributed by atoms with Crippen LogP contribution in [0.25, 0.3) is 0 Å². The Hall–Kier alpha value is -0.650. The fourth-order valence-electron chi connectivity index (χ4n) is 3.28. The molecule has 2 fully saturated rings. The zero-order valence-corrected chi connectivity index (χ0v) is 12.7. The summed E-state index contributed by atoms with van der Waals surface area (Å²) in [5, 5.41) is 12.2. The molecular weight excluding hydrogens is 256 g/mol. The molecule has 0 aromatic rings. The Morgan fingerprint density at radius 3 is 2.70 bits per heavy atom. The van der Waals surface area contributed by atoms with E-state index in [4.69, 9.17) is 9.84 Å². The fourth-order valence-corrected chi connectivity index (χ4v) is 3.28. The van der Waals surface area contributed by atoms with Gasteiger partial charge in [0.15, 0.2) is 0 Å². The average molecular weight is 284 g/mol. The number of likely N-dealkylation sites (tertiary alicyclic amines) is 1. The quantitative estimate of drug-likeness (QED) is 0.800. The number of nitrogens with zero attached hydrogens (tertiary/aromatic N) is 1. The van der Waals surface area contributed by atoms with Crippen LogP contribution in [0.3, 0.4) is 0 Å². The number of rotatable bonds is 4. The molecule has 2 saturated heterocycles. The number of amides is 1. The third kappa shape index (κ3) is 3.71. The van der Waals surface area contributed by atoms with Crippen molar-refractivity contribution in [3.8, 4) is 0 Å². The average Bonchev–Trinajstić information content (AvgIpc) is 2.44. The summed E-state index contributed by atoms with van der Waals surface area (Å²) >= 11 is 0. The van der Waals surface area contributed by atoms with Gasteiger partial charge in [-0.2, -0.15) is 0 Å². The summed E-state index contributed by atoms with van der Waals surface area (Å²) in [7, 11) is 0. The molecule has 5 heteroatoms. The van der Waals surface area contributed by atoms with Crippen LogP contribution in [-0.2, 0) is 9.53 Å². The van der Waals surface area contributed by atoms with Crippen molar-refractivity contribution in [2.75, 3.05) is 32.8 Å². The third-order valence-electron chi connectivity index (χ3n) is 4.57. The van der Waals surface area contributed by atoms with E-state index >= 15 is 0 Å². The lowest BCUT2D eigenvalue weighted by molar-refractivity contribution is -0.140. The molecule has 0 spiro atoms. The lowest BCUT2D eigenvalue weighted by Gasteiger charge is -2.42. The Kier molecular flexibility index (Phi) is 5.41. The monoisotopic (exact) mass is 284 g/mol. The molecule has 2 heterocycles. The number of hydrogen-bond donors (Lipinski definition) is 2. The summed E-state index contributed by atoms with van der Waals surface area (Å²) in [4.78, 5) is 14.6. The highest BCUT2D eigenvalue weighted by Crippen LogP contribution is 2.31. The molecule has 2 aliphatic rings. The van der Waals surface area contributed by atoms with Gasteiger partial charge in [0, 0.05) is 13.1 Å². The lowest BCUT2D eigenvalue weighted by Crippen LogP contribution is -2.58. The maximum absolute atomic E-state index is 12.7. The van der Waals surface area contributed by atoms with Crippen molar-refractivity contribution in [1.29, 1.82) is 0 Å². The van der Waals surface area contributed by atoms with Gasteiger partial charge in [-0.3, -0.25) is 4.79 Å². The maximum atomic E-state index is 12.7. The van der Waals surface area contributed by atoms with Crippen LogP contribution in [0, 0.1) is 5.41 Å². The van der Waals surface area contributed by atoms with E-state index in [1.165, 1.54) is 0 Å². The zero-order valence-electron chi connectivity index (χ0n) is 12.7. The van der Waals surface area contributed by atoms with Crippen LogP contribution < -0.4 is 5.32 Å². The molecule has 2 aliphatic heterocycles. The molecule has 116 valence electrons. The summed E-state index contributed by atoms with van der Waals surface area (Å²) in [5.41, 5.74) is 0.0412. The van der Waals surface area contributed by atoms with E-state index < -0.39 is 0 Å². The largest absolute Gasteiger partial charge is 0.394 e. The fraction of sp³-hybridized carbons (Fsp3) is 0.933. The Balaban J connectivity index is 1.85. The Labute approximate surface area is 121 Å². The second kappa shape index (κ2) is 6.87. The first-order valence-corrected chi connectivity index (χ1v) is 7.79. The number of carbonyl (C=O) groups is 1. The van der Waals surface area contributed by atoms with E-state index in [9.17, 15) is 4.79 Å². The van der Waals surface area contributed by atoms with Gasteiger partial charge in [-0.1, -0.05) is 13.8 Å². The molecule has 0 saturated carbocycles. The van der Waals surface area contributed by atoms with E-state index in [-0.39, 0.29) is 30.1 Å². The second-order valence-corrected chi connectivity index (χ2v) is 6.60. The zero-order chi connectivity index (χ0) is 14.6. The summed E-state index contributed by atoms with van der Waals surface area (Å²) in [6.07, 6.45) is 4.19. The third-order valence-corrected chi connectivity index (χ3v) is 4.57. The molecule has 2 rings (SSSR count). The number of hydrogen-bond acceptors (Lipinski definition) is 4. The van der Waals surface area contributed by atoms with Crippen LogP contribution in [0.4, 0.5) is 0 Å². The number of aliphatic hydroxyl groups excluding tert-OH is 1. The smallest absolute Gasteiger partial charge is 0.240 e. The minimum absolute atomic E-state index is 0.0412. The maximum Gasteiger partial charge on any atom is 0.240 e. The standard InChI is InChI=1S/C15H28N2O3/c1-15(2)6-3-7-16-13(15)14(19)17-8-4-12(5-9-17)20-11-10-18/h12-13,16,18H,3-11H2,1-2H3. The molecule has 20 heavy (non-hydrogen) atoms. The minimum atomic E-state index is -0.0499. The molecule has 1 unspecified atom stereocenters. The second-order valence-electron chi connectivity index (χ2n) is 6.60. The number of piperidine rings is 2. The molecule has 1 atom stereocenters. The number of carbonyl (C=O) groups excluding carboxylic acids is 1. The topological polar surface area (TPSA) is 61.8 Å². The number of ether oxygens (including phenoxy) is 1. The van der Waals surface area contributed by atoms with Crippen molar-refractivity contribution in [2.24, 2.45) is 5.41 Å². The van der Waals surface area contributed by atoms with Gasteiger partial charge in [0.1, 0.15) is 0 Å². The van der Waals surface area contributed by atoms with Crippen LogP contribution in [-0.4, -0.2) is 60.9 Å². The van der Waals surface area contributed by atoms with Gasteiger partial charge in [-0.25, -0.2) is 0 Å². The van der Waals surface area contributed by atoms with E-state index in [1.807, 2.05) is 4.90 Å². The van der Waals surface area contributed by atoms with E-state index in [0.717, 1.165) is 45.3 Å². The molecule has 1 amide bonds. The summed E-state index contributed by atoms with van der Waals surface area (Å²) in [6, 6.07) is -0.0499. The summed E-state index contributed by atoms with van der Waals surface area (Å²) in [5.74, 6) is 0.246. The molecule has 0 aromatic heterocycles. The van der Waals surface area contributed by atoms with Gasteiger partial charge in [-0.15, -0.1) is 0 Å². The predicted octanol–water partition coefficient (Wildman–Crippen LogP) is 0.765. The first-order chi connectivity index (χ1) is 9.54. The van der Waals surface area contributed by atoms with Crippen molar-refractivity contribution in [1.82, 2.24) is 10.2 Å². The van der Waals surface area contributed by atoms with Crippen molar-refractivity contribution in [2.45, 2.75) is 51.7 Å². The van der Waals surface area contributed by atoms with Gasteiger partial charge in [-0.05, 0) is 37.6 Å². The number of nitrogens with one attached hydrogen (secondary N) is 1. The van der Waals surface area contributed by atoms with E-state index in [1.54, 1.807) is 0 Å². The first kappa shape index (κ1) is 15.7. The minimum Gasteiger partial charge on any atom is -0.394 e. The van der Waals surface area contributed by atoms with Crippen LogP contribution >= 0.6 is 0 Å². The molecule has 0 aromatic carbocycles. The van der Waals surface area contributed by atoms with Crippen molar-refractivity contribution >= 4 is 5.91 Å². The number of aliphatic hydroxyl groups is 1. The van der Waals surface area contributed by atoms with E-state index in [2.05, 4.69) is 19.2 Å². The molecule has 5 nitrogen and oxygen atoms in total. The summed E-state index contributed by atoms with van der Waals surface area (Å²) in [6.45, 7) is 7.30. The SMILES string of the molecule is CC1(C)CCCNC1C(=O)N1CCC(OCCO)CC1. The Bertz CT molecular complexity index is 325. The van der Waals surface area contributed by atoms with Crippen LogP contribution in [0.15, 0.2) is 0 Å². The lowest BCUT2D eigenvalue weighted by atomic mass is 9.77. The van der Waals surface area contributed by atoms with Crippen LogP contribution in [0.1, 0.15) is 39.5 Å². The van der Waals surface area contributed by atoms with Crippen molar-refractivity contribution < 1.29 is 14.6 Å². The highest BCUT2D eigenvalue weighted by atomic mass is 16.5. The van der Waals surface area contributed by atoms with Gasteiger partial charge >= 0.3 is 0 Å². The van der Waals surface area contributed by atoms with Crippen LogP contribution in [0.2, 0.25) is 0 Å². The molecule has 0 bridgehead atoms. The molecule has 0 radical (unpaired) electrons. The van der Waals surface area contributed by atoms with Gasteiger partial charge < -0.3 is 20.1 Å². The van der Waals surface area contributed by atoms with Crippen molar-refractivity contribution in [3.63, 3.8) is 0 Å². The Morgan fingerprint density at radius 2 is 2.10 bits per heavy atom. The molecular formula is C15H28N2O3.